The molecule has 0 aliphatic carbocycles. The lowest BCUT2D eigenvalue weighted by Gasteiger charge is -2.06. The summed E-state index contributed by atoms with van der Waals surface area (Å²) in [6, 6.07) is 11.0. The van der Waals surface area contributed by atoms with Gasteiger partial charge in [0, 0.05) is 24.3 Å². The molecular weight excluding hydrogens is 306 g/mol. The van der Waals surface area contributed by atoms with Crippen molar-refractivity contribution in [3.63, 3.8) is 0 Å². The Morgan fingerprint density at radius 1 is 1.42 bits per heavy atom. The predicted octanol–water partition coefficient (Wildman–Crippen LogP) is 2.59. The Morgan fingerprint density at radius 3 is 2.63 bits per heavy atom. The summed E-state index contributed by atoms with van der Waals surface area (Å²) in [5, 5.41) is 11.5. The summed E-state index contributed by atoms with van der Waals surface area (Å²) >= 11 is 3.33. The number of carbonyl (C=O) groups excluding carboxylic acids is 1. The summed E-state index contributed by atoms with van der Waals surface area (Å²) in [6.45, 7) is 0.438. The van der Waals surface area contributed by atoms with Gasteiger partial charge in [0.25, 0.3) is 5.91 Å². The molecule has 1 aromatic carbocycles. The maximum absolute atomic E-state index is 12.0. The van der Waals surface area contributed by atoms with E-state index in [1.54, 1.807) is 22.8 Å². The van der Waals surface area contributed by atoms with Crippen LogP contribution < -0.4 is 5.32 Å². The highest BCUT2D eigenvalue weighted by atomic mass is 79.9. The maximum Gasteiger partial charge on any atom is 0.268 e. The van der Waals surface area contributed by atoms with E-state index in [0.29, 0.717) is 17.8 Å². The van der Waals surface area contributed by atoms with Gasteiger partial charge in [-0.15, -0.1) is 0 Å². The van der Waals surface area contributed by atoms with Crippen molar-refractivity contribution in [1.82, 2.24) is 9.88 Å². The van der Waals surface area contributed by atoms with Crippen LogP contribution in [-0.4, -0.2) is 10.5 Å². The first kappa shape index (κ1) is 13.4. The van der Waals surface area contributed by atoms with Crippen LogP contribution in [0.4, 0.5) is 0 Å². The van der Waals surface area contributed by atoms with Gasteiger partial charge in [0.1, 0.15) is 5.69 Å². The molecule has 0 atom stereocenters. The Labute approximate surface area is 119 Å². The molecule has 1 aromatic heterocycles. The second-order valence-electron chi connectivity index (χ2n) is 4.15. The summed E-state index contributed by atoms with van der Waals surface area (Å²) in [5.74, 6) is -0.127. The van der Waals surface area contributed by atoms with Crippen LogP contribution in [0.1, 0.15) is 21.6 Å². The van der Waals surface area contributed by atoms with Crippen LogP contribution in [0.2, 0.25) is 0 Å². The molecule has 19 heavy (non-hydrogen) atoms. The van der Waals surface area contributed by atoms with Gasteiger partial charge in [-0.05, 0) is 39.7 Å². The summed E-state index contributed by atoms with van der Waals surface area (Å²) in [6.07, 6.45) is 1.83. The van der Waals surface area contributed by atoms with Gasteiger partial charge in [0.05, 0.1) is 11.6 Å². The van der Waals surface area contributed by atoms with Crippen LogP contribution in [0.3, 0.4) is 0 Å². The maximum atomic E-state index is 12.0. The van der Waals surface area contributed by atoms with Crippen LogP contribution in [-0.2, 0) is 13.6 Å². The van der Waals surface area contributed by atoms with Crippen LogP contribution in [0.25, 0.3) is 0 Å². The molecule has 0 bridgehead atoms. The van der Waals surface area contributed by atoms with E-state index in [0.717, 1.165) is 10.0 Å². The van der Waals surface area contributed by atoms with Crippen molar-refractivity contribution in [3.8, 4) is 6.07 Å². The topological polar surface area (TPSA) is 57.8 Å². The molecule has 0 fully saturated rings. The smallest absolute Gasteiger partial charge is 0.268 e. The molecule has 0 saturated carbocycles. The highest BCUT2D eigenvalue weighted by molar-refractivity contribution is 9.10. The molecule has 0 aliphatic rings. The van der Waals surface area contributed by atoms with E-state index in [9.17, 15) is 4.79 Å². The zero-order valence-corrected chi connectivity index (χ0v) is 11.9. The number of amides is 1. The van der Waals surface area contributed by atoms with E-state index in [-0.39, 0.29) is 5.91 Å². The van der Waals surface area contributed by atoms with Gasteiger partial charge in [-0.25, -0.2) is 0 Å². The minimum Gasteiger partial charge on any atom is -0.347 e. The van der Waals surface area contributed by atoms with E-state index in [1.165, 1.54) is 0 Å². The Hall–Kier alpha value is -2.06. The molecule has 1 amide bonds. The van der Waals surface area contributed by atoms with Crippen LogP contribution in [0.5, 0.6) is 0 Å². The van der Waals surface area contributed by atoms with Crippen molar-refractivity contribution >= 4 is 21.8 Å². The minimum atomic E-state index is -0.127. The number of aryl methyl sites for hydroxylation is 1. The number of hydrogen-bond acceptors (Lipinski definition) is 2. The van der Waals surface area contributed by atoms with Crippen molar-refractivity contribution < 1.29 is 4.79 Å². The van der Waals surface area contributed by atoms with Crippen LogP contribution in [0, 0.1) is 11.3 Å². The molecule has 2 aromatic rings. The van der Waals surface area contributed by atoms with E-state index >= 15 is 0 Å². The standard InChI is InChI=1S/C14H12BrN3O/c1-18-9-12(15)6-13(18)14(19)17-8-11-4-2-10(7-16)3-5-11/h2-6,9H,8H2,1H3,(H,17,19). The summed E-state index contributed by atoms with van der Waals surface area (Å²) in [7, 11) is 1.82. The van der Waals surface area contributed by atoms with E-state index in [4.69, 9.17) is 5.26 Å². The molecule has 1 heterocycles. The molecule has 2 rings (SSSR count). The molecule has 0 spiro atoms. The lowest BCUT2D eigenvalue weighted by atomic mass is 10.1. The first-order valence-electron chi connectivity index (χ1n) is 5.69. The number of rotatable bonds is 3. The van der Waals surface area contributed by atoms with Crippen molar-refractivity contribution in [1.29, 1.82) is 5.26 Å². The molecule has 96 valence electrons. The number of aromatic nitrogens is 1. The summed E-state index contributed by atoms with van der Waals surface area (Å²) < 4.78 is 2.64. The first-order chi connectivity index (χ1) is 9.10. The number of nitriles is 1. The molecule has 4 nitrogen and oxygen atoms in total. The molecule has 0 aliphatic heterocycles. The highest BCUT2D eigenvalue weighted by Gasteiger charge is 2.10. The predicted molar refractivity (Wildman–Crippen MR) is 75.4 cm³/mol. The first-order valence-corrected chi connectivity index (χ1v) is 6.48. The Kier molecular flexibility index (Phi) is 4.03. The molecule has 0 radical (unpaired) electrons. The number of hydrogen-bond donors (Lipinski definition) is 1. The van der Waals surface area contributed by atoms with Gasteiger partial charge in [-0.1, -0.05) is 12.1 Å². The minimum absolute atomic E-state index is 0.127. The quantitative estimate of drug-likeness (QED) is 0.946. The SMILES string of the molecule is Cn1cc(Br)cc1C(=O)NCc1ccc(C#N)cc1. The fraction of sp³-hybridized carbons (Fsp3) is 0.143. The largest absolute Gasteiger partial charge is 0.347 e. The number of carbonyl (C=O) groups is 1. The molecular formula is C14H12BrN3O. The Balaban J connectivity index is 2.00. The lowest BCUT2D eigenvalue weighted by Crippen LogP contribution is -2.24. The third-order valence-corrected chi connectivity index (χ3v) is 3.17. The van der Waals surface area contributed by atoms with Gasteiger partial charge in [0.2, 0.25) is 0 Å². The monoisotopic (exact) mass is 317 g/mol. The van der Waals surface area contributed by atoms with E-state index in [1.807, 2.05) is 25.4 Å². The van der Waals surface area contributed by atoms with Crippen molar-refractivity contribution in [2.45, 2.75) is 6.54 Å². The number of nitrogens with zero attached hydrogens (tertiary/aromatic N) is 2. The Morgan fingerprint density at radius 2 is 2.11 bits per heavy atom. The fourth-order valence-corrected chi connectivity index (χ4v) is 2.24. The van der Waals surface area contributed by atoms with Crippen LogP contribution >= 0.6 is 15.9 Å². The molecule has 0 saturated heterocycles. The second-order valence-corrected chi connectivity index (χ2v) is 5.06. The lowest BCUT2D eigenvalue weighted by molar-refractivity contribution is 0.0943. The zero-order chi connectivity index (χ0) is 13.8. The van der Waals surface area contributed by atoms with Gasteiger partial charge in [0.15, 0.2) is 0 Å². The van der Waals surface area contributed by atoms with Gasteiger partial charge in [-0.3, -0.25) is 4.79 Å². The highest BCUT2D eigenvalue weighted by Crippen LogP contribution is 2.13. The van der Waals surface area contributed by atoms with Crippen molar-refractivity contribution in [2.75, 3.05) is 0 Å². The zero-order valence-electron chi connectivity index (χ0n) is 10.4. The number of benzene rings is 1. The second kappa shape index (κ2) is 5.72. The fourth-order valence-electron chi connectivity index (χ4n) is 1.72. The molecule has 5 heteroatoms. The molecule has 0 unspecified atom stereocenters. The number of nitrogens with one attached hydrogen (secondary N) is 1. The van der Waals surface area contributed by atoms with Crippen molar-refractivity contribution in [2.24, 2.45) is 7.05 Å². The third-order valence-electron chi connectivity index (χ3n) is 2.74. The van der Waals surface area contributed by atoms with Gasteiger partial charge < -0.3 is 9.88 Å². The van der Waals surface area contributed by atoms with Crippen LogP contribution in [0.15, 0.2) is 41.0 Å². The summed E-state index contributed by atoms with van der Waals surface area (Å²) in [4.78, 5) is 12.0. The summed E-state index contributed by atoms with van der Waals surface area (Å²) in [5.41, 5.74) is 2.17. The number of halogens is 1. The normalized spacial score (nSPS) is 9.95. The van der Waals surface area contributed by atoms with Crippen molar-refractivity contribution in [3.05, 3.63) is 57.8 Å². The van der Waals surface area contributed by atoms with E-state index < -0.39 is 0 Å². The molecule has 1 N–H and O–H groups in total. The van der Waals surface area contributed by atoms with E-state index in [2.05, 4.69) is 27.3 Å². The van der Waals surface area contributed by atoms with Gasteiger partial charge >= 0.3 is 0 Å². The average molecular weight is 318 g/mol. The average Bonchev–Trinajstić information content (AvgIpc) is 2.75. The Bertz CT molecular complexity index is 638. The van der Waals surface area contributed by atoms with Gasteiger partial charge in [-0.2, -0.15) is 5.26 Å². The third kappa shape index (κ3) is 3.24.